The van der Waals surface area contributed by atoms with E-state index in [-0.39, 0.29) is 0 Å². The molecule has 0 atom stereocenters. The summed E-state index contributed by atoms with van der Waals surface area (Å²) >= 11 is 0. The summed E-state index contributed by atoms with van der Waals surface area (Å²) in [5, 5.41) is 3.33. The second-order valence-electron chi connectivity index (χ2n) is 2.61. The average molecular weight is 141 g/mol. The lowest BCUT2D eigenvalue weighted by molar-refractivity contribution is 0.667. The molecule has 1 nitrogen and oxygen atoms in total. The fraction of sp³-hybridized carbons (Fsp3) is 0.778. The summed E-state index contributed by atoms with van der Waals surface area (Å²) in [6.45, 7) is 7.51. The number of hydrogen-bond acceptors (Lipinski definition) is 1. The molecule has 0 bridgehead atoms. The lowest BCUT2D eigenvalue weighted by atomic mass is 10.2. The van der Waals surface area contributed by atoms with Gasteiger partial charge in [-0.15, -0.1) is 0 Å². The van der Waals surface area contributed by atoms with E-state index in [9.17, 15) is 0 Å². The van der Waals surface area contributed by atoms with Crippen molar-refractivity contribution in [2.24, 2.45) is 0 Å². The Labute approximate surface area is 64.5 Å². The van der Waals surface area contributed by atoms with Gasteiger partial charge in [0.1, 0.15) is 0 Å². The Kier molecular flexibility index (Phi) is 6.35. The van der Waals surface area contributed by atoms with E-state index in [2.05, 4.69) is 32.2 Å². The van der Waals surface area contributed by atoms with Crippen molar-refractivity contribution in [3.8, 4) is 0 Å². The van der Waals surface area contributed by atoms with Crippen molar-refractivity contribution in [1.82, 2.24) is 5.32 Å². The second-order valence-corrected chi connectivity index (χ2v) is 2.61. The molecule has 0 aliphatic rings. The molecule has 0 aliphatic carbocycles. The van der Waals surface area contributed by atoms with Crippen molar-refractivity contribution >= 4 is 0 Å². The van der Waals surface area contributed by atoms with Crippen LogP contribution in [0.3, 0.4) is 0 Å². The van der Waals surface area contributed by atoms with E-state index in [4.69, 9.17) is 0 Å². The van der Waals surface area contributed by atoms with Crippen molar-refractivity contribution in [2.45, 2.75) is 40.0 Å². The van der Waals surface area contributed by atoms with Crippen LogP contribution in [0.5, 0.6) is 0 Å². The maximum absolute atomic E-state index is 3.33. The predicted molar refractivity (Wildman–Crippen MR) is 47.0 cm³/mol. The van der Waals surface area contributed by atoms with Crippen molar-refractivity contribution < 1.29 is 0 Å². The van der Waals surface area contributed by atoms with E-state index in [1.54, 1.807) is 0 Å². The van der Waals surface area contributed by atoms with E-state index in [0.29, 0.717) is 0 Å². The molecule has 0 rings (SSSR count). The molecule has 1 heteroatoms. The number of nitrogens with one attached hydrogen (secondary N) is 1. The van der Waals surface area contributed by atoms with Gasteiger partial charge in [0.15, 0.2) is 0 Å². The van der Waals surface area contributed by atoms with E-state index in [1.165, 1.54) is 25.0 Å². The molecule has 0 fully saturated rings. The van der Waals surface area contributed by atoms with Crippen LogP contribution in [0.25, 0.3) is 0 Å². The van der Waals surface area contributed by atoms with E-state index >= 15 is 0 Å². The molecule has 0 unspecified atom stereocenters. The largest absolute Gasteiger partial charge is 0.389 e. The van der Waals surface area contributed by atoms with Crippen LogP contribution in [-0.4, -0.2) is 6.54 Å². The van der Waals surface area contributed by atoms with Gasteiger partial charge in [-0.2, -0.15) is 0 Å². The zero-order valence-electron chi connectivity index (χ0n) is 7.41. The highest BCUT2D eigenvalue weighted by atomic mass is 14.9. The fourth-order valence-corrected chi connectivity index (χ4v) is 0.763. The van der Waals surface area contributed by atoms with Gasteiger partial charge in [-0.25, -0.2) is 0 Å². The summed E-state index contributed by atoms with van der Waals surface area (Å²) in [4.78, 5) is 0. The standard InChI is InChI=1S/C9H19N/c1-4-6-7-8-10-9(3)5-2/h5,10H,4,6-8H2,1-3H3/b9-5+. The molecule has 60 valence electrons. The van der Waals surface area contributed by atoms with Crippen LogP contribution >= 0.6 is 0 Å². The molecule has 0 aromatic carbocycles. The van der Waals surface area contributed by atoms with Gasteiger partial charge in [-0.3, -0.25) is 0 Å². The summed E-state index contributed by atoms with van der Waals surface area (Å²) in [7, 11) is 0. The van der Waals surface area contributed by atoms with Crippen LogP contribution in [0.1, 0.15) is 40.0 Å². The Morgan fingerprint density at radius 1 is 1.40 bits per heavy atom. The third-order valence-corrected chi connectivity index (χ3v) is 1.62. The van der Waals surface area contributed by atoms with Crippen LogP contribution < -0.4 is 5.32 Å². The highest BCUT2D eigenvalue weighted by Crippen LogP contribution is 1.92. The Morgan fingerprint density at radius 3 is 2.60 bits per heavy atom. The van der Waals surface area contributed by atoms with Gasteiger partial charge < -0.3 is 5.32 Å². The highest BCUT2D eigenvalue weighted by molar-refractivity contribution is 4.91. The minimum absolute atomic E-state index is 1.13. The van der Waals surface area contributed by atoms with Crippen molar-refractivity contribution in [3.63, 3.8) is 0 Å². The van der Waals surface area contributed by atoms with Gasteiger partial charge in [0, 0.05) is 12.2 Å². The fourth-order valence-electron chi connectivity index (χ4n) is 0.763. The molecule has 0 amide bonds. The van der Waals surface area contributed by atoms with Crippen molar-refractivity contribution in [2.75, 3.05) is 6.54 Å². The Hall–Kier alpha value is -0.460. The molecular formula is C9H19N. The summed E-state index contributed by atoms with van der Waals surface area (Å²) in [6.07, 6.45) is 6.04. The first-order valence-electron chi connectivity index (χ1n) is 4.18. The molecule has 0 aromatic heterocycles. The molecule has 10 heavy (non-hydrogen) atoms. The smallest absolute Gasteiger partial charge is 0.0143 e. The number of hydrogen-bond donors (Lipinski definition) is 1. The van der Waals surface area contributed by atoms with Gasteiger partial charge in [-0.1, -0.05) is 25.8 Å². The monoisotopic (exact) mass is 141 g/mol. The molecule has 0 aromatic rings. The topological polar surface area (TPSA) is 12.0 Å². The number of rotatable bonds is 5. The van der Waals surface area contributed by atoms with E-state index in [0.717, 1.165) is 6.54 Å². The summed E-state index contributed by atoms with van der Waals surface area (Å²) in [5.41, 5.74) is 1.29. The minimum atomic E-state index is 1.13. The van der Waals surface area contributed by atoms with Gasteiger partial charge in [0.25, 0.3) is 0 Å². The molecule has 0 radical (unpaired) electrons. The van der Waals surface area contributed by atoms with Gasteiger partial charge >= 0.3 is 0 Å². The summed E-state index contributed by atoms with van der Waals surface area (Å²) in [5.74, 6) is 0. The maximum Gasteiger partial charge on any atom is 0.0143 e. The Balaban J connectivity index is 3.04. The SMILES string of the molecule is C/C=C(\C)NCCCCC. The lowest BCUT2D eigenvalue weighted by Crippen LogP contribution is -2.11. The second kappa shape index (κ2) is 6.66. The highest BCUT2D eigenvalue weighted by Gasteiger charge is 1.85. The Morgan fingerprint density at radius 2 is 2.10 bits per heavy atom. The predicted octanol–water partition coefficient (Wildman–Crippen LogP) is 2.69. The van der Waals surface area contributed by atoms with Crippen LogP contribution in [0, 0.1) is 0 Å². The van der Waals surface area contributed by atoms with Crippen LogP contribution in [0.4, 0.5) is 0 Å². The van der Waals surface area contributed by atoms with Gasteiger partial charge in [0.2, 0.25) is 0 Å². The third kappa shape index (κ3) is 5.67. The molecule has 0 spiro atoms. The van der Waals surface area contributed by atoms with Crippen molar-refractivity contribution in [3.05, 3.63) is 11.8 Å². The summed E-state index contributed by atoms with van der Waals surface area (Å²) in [6, 6.07) is 0. The first-order valence-corrected chi connectivity index (χ1v) is 4.18. The quantitative estimate of drug-likeness (QED) is 0.580. The first kappa shape index (κ1) is 9.54. The van der Waals surface area contributed by atoms with Crippen LogP contribution in [-0.2, 0) is 0 Å². The molecule has 1 N–H and O–H groups in total. The number of unbranched alkanes of at least 4 members (excludes halogenated alkanes) is 2. The van der Waals surface area contributed by atoms with E-state index in [1.807, 2.05) is 0 Å². The first-order chi connectivity index (χ1) is 4.81. The van der Waals surface area contributed by atoms with Gasteiger partial charge in [-0.05, 0) is 20.3 Å². The van der Waals surface area contributed by atoms with Crippen molar-refractivity contribution in [1.29, 1.82) is 0 Å². The van der Waals surface area contributed by atoms with Crippen LogP contribution in [0.2, 0.25) is 0 Å². The minimum Gasteiger partial charge on any atom is -0.389 e. The van der Waals surface area contributed by atoms with Gasteiger partial charge in [0.05, 0.1) is 0 Å². The number of allylic oxidation sites excluding steroid dienone is 2. The Bertz CT molecular complexity index is 94.9. The molecular weight excluding hydrogens is 122 g/mol. The molecule has 0 heterocycles. The molecule has 0 saturated heterocycles. The molecule has 0 aliphatic heterocycles. The summed E-state index contributed by atoms with van der Waals surface area (Å²) < 4.78 is 0. The lowest BCUT2D eigenvalue weighted by Gasteiger charge is -2.03. The maximum atomic E-state index is 3.33. The molecule has 0 saturated carbocycles. The zero-order valence-corrected chi connectivity index (χ0v) is 7.41. The zero-order chi connectivity index (χ0) is 7.82. The van der Waals surface area contributed by atoms with Crippen LogP contribution in [0.15, 0.2) is 11.8 Å². The average Bonchev–Trinajstić information content (AvgIpc) is 1.98. The van der Waals surface area contributed by atoms with E-state index < -0.39 is 0 Å². The third-order valence-electron chi connectivity index (χ3n) is 1.62. The normalized spacial score (nSPS) is 11.7.